The van der Waals surface area contributed by atoms with Crippen molar-refractivity contribution in [2.75, 3.05) is 0 Å². The summed E-state index contributed by atoms with van der Waals surface area (Å²) < 4.78 is 1.71. The molecular weight excluding hydrogens is 286 g/mol. The van der Waals surface area contributed by atoms with Crippen molar-refractivity contribution in [2.45, 2.75) is 45.4 Å². The van der Waals surface area contributed by atoms with Crippen molar-refractivity contribution in [2.24, 2.45) is 24.3 Å². The van der Waals surface area contributed by atoms with Gasteiger partial charge in [0.15, 0.2) is 5.78 Å². The van der Waals surface area contributed by atoms with Gasteiger partial charge >= 0.3 is 0 Å². The zero-order valence-electron chi connectivity index (χ0n) is 12.9. The van der Waals surface area contributed by atoms with Crippen LogP contribution in [0.3, 0.4) is 0 Å². The molecular formula is C16H20ClN3O. The zero-order chi connectivity index (χ0) is 15.6. The molecule has 0 N–H and O–H groups in total. The van der Waals surface area contributed by atoms with Crippen molar-refractivity contribution >= 4 is 17.4 Å². The summed E-state index contributed by atoms with van der Waals surface area (Å²) in [7, 11) is 1.85. The zero-order valence-corrected chi connectivity index (χ0v) is 13.7. The highest BCUT2D eigenvalue weighted by Crippen LogP contribution is 2.57. The molecule has 0 aromatic carbocycles. The topological polar surface area (TPSA) is 58.7 Å². The van der Waals surface area contributed by atoms with E-state index in [1.165, 1.54) is 0 Å². The van der Waals surface area contributed by atoms with E-state index >= 15 is 0 Å². The van der Waals surface area contributed by atoms with Crippen molar-refractivity contribution < 1.29 is 4.79 Å². The highest BCUT2D eigenvalue weighted by atomic mass is 35.5. The van der Waals surface area contributed by atoms with Gasteiger partial charge in [0.1, 0.15) is 11.1 Å². The first-order valence-electron chi connectivity index (χ1n) is 7.39. The van der Waals surface area contributed by atoms with Gasteiger partial charge in [-0.2, -0.15) is 10.4 Å². The Morgan fingerprint density at radius 2 is 2.10 bits per heavy atom. The number of hydrogen-bond donors (Lipinski definition) is 0. The maximum absolute atomic E-state index is 12.6. The van der Waals surface area contributed by atoms with Gasteiger partial charge in [-0.1, -0.05) is 32.4 Å². The van der Waals surface area contributed by atoms with Crippen molar-refractivity contribution in [3.05, 3.63) is 16.4 Å². The van der Waals surface area contributed by atoms with Gasteiger partial charge in [-0.15, -0.1) is 0 Å². The molecule has 2 aliphatic rings. The Balaban J connectivity index is 2.19. The number of hydrogen-bond acceptors (Lipinski definition) is 3. The average molecular weight is 306 g/mol. The van der Waals surface area contributed by atoms with E-state index in [1.807, 2.05) is 20.9 Å². The number of rotatable bonds is 0. The predicted molar refractivity (Wildman–Crippen MR) is 79.9 cm³/mol. The first-order chi connectivity index (χ1) is 9.73. The first-order valence-corrected chi connectivity index (χ1v) is 7.77. The molecule has 5 heteroatoms. The van der Waals surface area contributed by atoms with Gasteiger partial charge < -0.3 is 0 Å². The molecule has 3 rings (SSSR count). The minimum Gasteiger partial charge on any atom is -0.298 e. The quantitative estimate of drug-likeness (QED) is 0.740. The third kappa shape index (κ3) is 1.73. The molecule has 0 bridgehead atoms. The van der Waals surface area contributed by atoms with Gasteiger partial charge in [0.25, 0.3) is 0 Å². The molecule has 1 fully saturated rings. The van der Waals surface area contributed by atoms with E-state index < -0.39 is 11.3 Å². The summed E-state index contributed by atoms with van der Waals surface area (Å²) in [5.74, 6) is -0.258. The SMILES string of the molecule is Cn1nc2c(c1Cl)CC[C@H]1C(C)(C)C(=O)C(C#N)C[C@]21C. The molecule has 21 heavy (non-hydrogen) atoms. The second kappa shape index (κ2) is 4.33. The maximum atomic E-state index is 12.6. The van der Waals surface area contributed by atoms with Crippen LogP contribution in [0.4, 0.5) is 0 Å². The van der Waals surface area contributed by atoms with Crippen LogP contribution in [-0.4, -0.2) is 15.6 Å². The van der Waals surface area contributed by atoms with E-state index in [0.29, 0.717) is 11.6 Å². The van der Waals surface area contributed by atoms with Gasteiger partial charge in [-0.3, -0.25) is 9.48 Å². The molecule has 1 aromatic heterocycles. The number of halogens is 1. The monoisotopic (exact) mass is 305 g/mol. The van der Waals surface area contributed by atoms with Crippen molar-refractivity contribution in [1.82, 2.24) is 9.78 Å². The lowest BCUT2D eigenvalue weighted by Crippen LogP contribution is -2.55. The van der Waals surface area contributed by atoms with E-state index in [2.05, 4.69) is 18.1 Å². The van der Waals surface area contributed by atoms with E-state index in [0.717, 1.165) is 24.1 Å². The fourth-order valence-electron chi connectivity index (χ4n) is 4.64. The Bertz CT molecular complexity index is 670. The largest absolute Gasteiger partial charge is 0.298 e. The molecule has 1 heterocycles. The van der Waals surface area contributed by atoms with E-state index in [9.17, 15) is 10.1 Å². The molecule has 1 aromatic rings. The Morgan fingerprint density at radius 3 is 2.71 bits per heavy atom. The van der Waals surface area contributed by atoms with Crippen LogP contribution in [0.15, 0.2) is 0 Å². The van der Waals surface area contributed by atoms with Crippen LogP contribution in [0.25, 0.3) is 0 Å². The Morgan fingerprint density at radius 1 is 1.43 bits per heavy atom. The lowest BCUT2D eigenvalue weighted by molar-refractivity contribution is -0.140. The summed E-state index contributed by atoms with van der Waals surface area (Å²) in [4.78, 5) is 12.6. The van der Waals surface area contributed by atoms with Gasteiger partial charge in [0, 0.05) is 23.4 Å². The normalized spacial score (nSPS) is 34.0. The number of aromatic nitrogens is 2. The van der Waals surface area contributed by atoms with Gasteiger partial charge in [-0.25, -0.2) is 0 Å². The summed E-state index contributed by atoms with van der Waals surface area (Å²) in [6, 6.07) is 2.20. The molecule has 4 nitrogen and oxygen atoms in total. The predicted octanol–water partition coefficient (Wildman–Crippen LogP) is 3.03. The van der Waals surface area contributed by atoms with Crippen LogP contribution in [0.1, 0.15) is 44.9 Å². The molecule has 1 unspecified atom stereocenters. The second-order valence-corrected chi connectivity index (χ2v) is 7.58. The van der Waals surface area contributed by atoms with Crippen LogP contribution in [0.5, 0.6) is 0 Å². The van der Waals surface area contributed by atoms with Crippen molar-refractivity contribution in [3.8, 4) is 6.07 Å². The molecule has 3 atom stereocenters. The first kappa shape index (κ1) is 14.6. The number of Topliss-reactive ketones (excluding diaryl/α,β-unsaturated/α-hetero) is 1. The van der Waals surface area contributed by atoms with E-state index in [4.69, 9.17) is 11.6 Å². The van der Waals surface area contributed by atoms with E-state index in [-0.39, 0.29) is 17.1 Å². The fraction of sp³-hybridized carbons (Fsp3) is 0.688. The summed E-state index contributed by atoms with van der Waals surface area (Å²) in [6.45, 7) is 6.12. The van der Waals surface area contributed by atoms with Crippen LogP contribution < -0.4 is 0 Å². The lowest BCUT2D eigenvalue weighted by Gasteiger charge is -2.52. The number of aryl methyl sites for hydroxylation is 1. The number of carbonyl (C=O) groups is 1. The summed E-state index contributed by atoms with van der Waals surface area (Å²) in [6.07, 6.45) is 2.33. The minimum absolute atomic E-state index is 0.0814. The lowest BCUT2D eigenvalue weighted by atomic mass is 9.49. The minimum atomic E-state index is -0.548. The summed E-state index contributed by atoms with van der Waals surface area (Å²) in [5.41, 5.74) is 1.34. The van der Waals surface area contributed by atoms with Gasteiger partial charge in [0.05, 0.1) is 11.8 Å². The molecule has 1 saturated carbocycles. The van der Waals surface area contributed by atoms with Crippen LogP contribution in [0, 0.1) is 28.6 Å². The Hall–Kier alpha value is -1.34. The second-order valence-electron chi connectivity index (χ2n) is 7.22. The molecule has 0 aliphatic heterocycles. The number of carbonyl (C=O) groups excluding carboxylic acids is 1. The van der Waals surface area contributed by atoms with E-state index in [1.54, 1.807) is 4.68 Å². The third-order valence-electron chi connectivity index (χ3n) is 5.67. The van der Waals surface area contributed by atoms with Crippen molar-refractivity contribution in [3.63, 3.8) is 0 Å². The fourth-order valence-corrected chi connectivity index (χ4v) is 4.86. The number of ketones is 1. The molecule has 112 valence electrons. The number of nitrogens with zero attached hydrogens (tertiary/aromatic N) is 3. The smallest absolute Gasteiger partial charge is 0.155 e. The summed E-state index contributed by atoms with van der Waals surface area (Å²) in [5, 5.41) is 14.7. The van der Waals surface area contributed by atoms with Crippen LogP contribution in [-0.2, 0) is 23.7 Å². The summed E-state index contributed by atoms with van der Waals surface area (Å²) >= 11 is 6.36. The van der Waals surface area contributed by atoms with Gasteiger partial charge in [-0.05, 0) is 25.2 Å². The average Bonchev–Trinajstić information content (AvgIpc) is 2.72. The van der Waals surface area contributed by atoms with Gasteiger partial charge in [0.2, 0.25) is 0 Å². The standard InChI is InChI=1S/C16H20ClN3O/c1-15(2)11-6-5-10-12(19-20(4)14(10)17)16(11,3)7-9(8-18)13(15)21/h9,11H,5-7H2,1-4H3/t9?,11-,16-/m0/s1. The molecule has 0 saturated heterocycles. The van der Waals surface area contributed by atoms with Crippen LogP contribution in [0.2, 0.25) is 5.15 Å². The highest BCUT2D eigenvalue weighted by molar-refractivity contribution is 6.30. The van der Waals surface area contributed by atoms with Crippen LogP contribution >= 0.6 is 11.6 Å². The molecule has 0 amide bonds. The number of nitriles is 1. The maximum Gasteiger partial charge on any atom is 0.155 e. The molecule has 0 spiro atoms. The number of fused-ring (bicyclic) bond motifs is 3. The molecule has 2 aliphatic carbocycles. The Labute approximate surface area is 130 Å². The highest BCUT2D eigenvalue weighted by Gasteiger charge is 2.58. The van der Waals surface area contributed by atoms with Crippen molar-refractivity contribution in [1.29, 1.82) is 5.26 Å². The Kier molecular flexibility index (Phi) is 3.01. The third-order valence-corrected chi connectivity index (χ3v) is 6.14. The molecule has 0 radical (unpaired) electrons.